The first kappa shape index (κ1) is 15.0. The molecule has 1 aromatic heterocycles. The van der Waals surface area contributed by atoms with Crippen molar-refractivity contribution in [1.29, 1.82) is 0 Å². The van der Waals surface area contributed by atoms with Gasteiger partial charge >= 0.3 is 0 Å². The van der Waals surface area contributed by atoms with E-state index in [4.69, 9.17) is 10.9 Å². The van der Waals surface area contributed by atoms with Crippen LogP contribution in [0.15, 0.2) is 47.8 Å². The van der Waals surface area contributed by atoms with Crippen LogP contribution in [0.5, 0.6) is 0 Å². The van der Waals surface area contributed by atoms with Crippen LogP contribution < -0.4 is 5.73 Å². The van der Waals surface area contributed by atoms with Crippen molar-refractivity contribution in [3.8, 4) is 0 Å². The van der Waals surface area contributed by atoms with Crippen molar-refractivity contribution in [2.24, 2.45) is 10.9 Å². The Balaban J connectivity index is 2.06. The third-order valence-corrected chi connectivity index (χ3v) is 3.32. The molecule has 0 aliphatic heterocycles. The standard InChI is InChI=1S/C16H20N4O/c1-12-5-4-8-18-15(12)11-20(2)10-13-6-3-7-14(9-13)16(17)19-21/h3-9,21H,10-11H2,1-2H3,(H2,17,19). The van der Waals surface area contributed by atoms with E-state index in [1.165, 1.54) is 5.56 Å². The summed E-state index contributed by atoms with van der Waals surface area (Å²) in [6.07, 6.45) is 1.81. The Morgan fingerprint density at radius 1 is 1.29 bits per heavy atom. The summed E-state index contributed by atoms with van der Waals surface area (Å²) >= 11 is 0. The highest BCUT2D eigenvalue weighted by atomic mass is 16.4. The zero-order valence-electron chi connectivity index (χ0n) is 12.3. The number of hydrogen-bond donors (Lipinski definition) is 2. The second kappa shape index (κ2) is 6.85. The van der Waals surface area contributed by atoms with Gasteiger partial charge in [0, 0.05) is 24.8 Å². The molecule has 0 bridgehead atoms. The molecule has 21 heavy (non-hydrogen) atoms. The third kappa shape index (κ3) is 4.03. The molecule has 0 aliphatic carbocycles. The van der Waals surface area contributed by atoms with E-state index in [2.05, 4.69) is 28.0 Å². The fourth-order valence-electron chi connectivity index (χ4n) is 2.19. The number of aromatic nitrogens is 1. The minimum absolute atomic E-state index is 0.125. The van der Waals surface area contributed by atoms with E-state index >= 15 is 0 Å². The molecule has 0 saturated carbocycles. The summed E-state index contributed by atoms with van der Waals surface area (Å²) in [5.41, 5.74) is 9.71. The Morgan fingerprint density at radius 2 is 2.10 bits per heavy atom. The number of hydrogen-bond acceptors (Lipinski definition) is 4. The Bertz CT molecular complexity index is 640. The summed E-state index contributed by atoms with van der Waals surface area (Å²) in [4.78, 5) is 6.59. The molecule has 0 fully saturated rings. The maximum Gasteiger partial charge on any atom is 0.170 e. The molecule has 0 unspecified atom stereocenters. The number of benzene rings is 1. The van der Waals surface area contributed by atoms with Gasteiger partial charge in [-0.1, -0.05) is 29.4 Å². The average Bonchev–Trinajstić information content (AvgIpc) is 2.49. The second-order valence-corrected chi connectivity index (χ2v) is 5.12. The number of rotatable bonds is 5. The first-order chi connectivity index (χ1) is 10.1. The number of nitrogens with two attached hydrogens (primary N) is 1. The summed E-state index contributed by atoms with van der Waals surface area (Å²) < 4.78 is 0. The van der Waals surface area contributed by atoms with Crippen molar-refractivity contribution >= 4 is 5.84 Å². The van der Waals surface area contributed by atoms with Gasteiger partial charge in [-0.05, 0) is 37.2 Å². The lowest BCUT2D eigenvalue weighted by molar-refractivity contribution is 0.314. The minimum atomic E-state index is 0.125. The monoisotopic (exact) mass is 284 g/mol. The van der Waals surface area contributed by atoms with Gasteiger partial charge < -0.3 is 10.9 Å². The van der Waals surface area contributed by atoms with Crippen molar-refractivity contribution in [2.45, 2.75) is 20.0 Å². The highest BCUT2D eigenvalue weighted by Crippen LogP contribution is 2.11. The van der Waals surface area contributed by atoms with Gasteiger partial charge in [0.25, 0.3) is 0 Å². The van der Waals surface area contributed by atoms with Crippen LogP contribution in [0.4, 0.5) is 0 Å². The fraction of sp³-hybridized carbons (Fsp3) is 0.250. The Hall–Kier alpha value is -2.40. The van der Waals surface area contributed by atoms with Crippen LogP contribution in [0.25, 0.3) is 0 Å². The average molecular weight is 284 g/mol. The predicted molar refractivity (Wildman–Crippen MR) is 83.1 cm³/mol. The number of nitrogens with zero attached hydrogens (tertiary/aromatic N) is 3. The van der Waals surface area contributed by atoms with Gasteiger partial charge in [0.1, 0.15) is 0 Å². The van der Waals surface area contributed by atoms with Crippen molar-refractivity contribution in [2.75, 3.05) is 7.05 Å². The number of amidine groups is 1. The lowest BCUT2D eigenvalue weighted by Gasteiger charge is -2.17. The molecule has 2 aromatic rings. The highest BCUT2D eigenvalue weighted by Gasteiger charge is 2.06. The third-order valence-electron chi connectivity index (χ3n) is 3.32. The fourth-order valence-corrected chi connectivity index (χ4v) is 2.19. The number of pyridine rings is 1. The maximum absolute atomic E-state index is 8.73. The molecule has 110 valence electrons. The SMILES string of the molecule is Cc1cccnc1CN(C)Cc1cccc(/C(N)=N/O)c1. The van der Waals surface area contributed by atoms with Gasteiger partial charge in [-0.3, -0.25) is 9.88 Å². The molecule has 5 heteroatoms. The van der Waals surface area contributed by atoms with Gasteiger partial charge in [-0.15, -0.1) is 0 Å². The van der Waals surface area contributed by atoms with Crippen LogP contribution in [0.2, 0.25) is 0 Å². The highest BCUT2D eigenvalue weighted by molar-refractivity contribution is 5.97. The van der Waals surface area contributed by atoms with E-state index in [-0.39, 0.29) is 5.84 Å². The van der Waals surface area contributed by atoms with E-state index in [9.17, 15) is 0 Å². The van der Waals surface area contributed by atoms with Gasteiger partial charge in [-0.25, -0.2) is 0 Å². The topological polar surface area (TPSA) is 74.7 Å². The normalized spacial score (nSPS) is 11.9. The van der Waals surface area contributed by atoms with Crippen molar-refractivity contribution in [3.05, 3.63) is 65.0 Å². The van der Waals surface area contributed by atoms with Crippen molar-refractivity contribution in [3.63, 3.8) is 0 Å². The van der Waals surface area contributed by atoms with E-state index in [1.807, 2.05) is 43.6 Å². The van der Waals surface area contributed by atoms with Crippen LogP contribution in [0, 0.1) is 6.92 Å². The zero-order chi connectivity index (χ0) is 15.2. The second-order valence-electron chi connectivity index (χ2n) is 5.12. The molecule has 0 radical (unpaired) electrons. The summed E-state index contributed by atoms with van der Waals surface area (Å²) in [6, 6.07) is 11.7. The van der Waals surface area contributed by atoms with E-state index in [0.29, 0.717) is 0 Å². The van der Waals surface area contributed by atoms with E-state index in [1.54, 1.807) is 0 Å². The molecular formula is C16H20N4O. The first-order valence-electron chi connectivity index (χ1n) is 6.76. The summed E-state index contributed by atoms with van der Waals surface area (Å²) in [5.74, 6) is 0.125. The molecule has 0 aliphatic rings. The maximum atomic E-state index is 8.73. The molecule has 5 nitrogen and oxygen atoms in total. The summed E-state index contributed by atoms with van der Waals surface area (Å²) in [7, 11) is 2.05. The van der Waals surface area contributed by atoms with Crippen molar-refractivity contribution < 1.29 is 5.21 Å². The molecule has 1 heterocycles. The molecule has 3 N–H and O–H groups in total. The van der Waals surface area contributed by atoms with Gasteiger partial charge in [0.05, 0.1) is 5.69 Å². The van der Waals surface area contributed by atoms with Crippen LogP contribution in [-0.2, 0) is 13.1 Å². The van der Waals surface area contributed by atoms with Crippen LogP contribution >= 0.6 is 0 Å². The largest absolute Gasteiger partial charge is 0.409 e. The molecule has 0 spiro atoms. The molecule has 0 atom stereocenters. The van der Waals surface area contributed by atoms with E-state index < -0.39 is 0 Å². The molecule has 2 rings (SSSR count). The number of aryl methyl sites for hydroxylation is 1. The molecule has 0 saturated heterocycles. The lowest BCUT2D eigenvalue weighted by atomic mass is 10.1. The molecule has 1 aromatic carbocycles. The van der Waals surface area contributed by atoms with Gasteiger partial charge in [-0.2, -0.15) is 0 Å². The van der Waals surface area contributed by atoms with Gasteiger partial charge in [0.15, 0.2) is 5.84 Å². The molecular weight excluding hydrogens is 264 g/mol. The summed E-state index contributed by atoms with van der Waals surface area (Å²) in [5, 5.41) is 11.8. The van der Waals surface area contributed by atoms with Crippen molar-refractivity contribution in [1.82, 2.24) is 9.88 Å². The van der Waals surface area contributed by atoms with Crippen LogP contribution in [-0.4, -0.2) is 28.0 Å². The van der Waals surface area contributed by atoms with Gasteiger partial charge in [0.2, 0.25) is 0 Å². The first-order valence-corrected chi connectivity index (χ1v) is 6.76. The molecule has 0 amide bonds. The minimum Gasteiger partial charge on any atom is -0.409 e. The van der Waals surface area contributed by atoms with Crippen LogP contribution in [0.1, 0.15) is 22.4 Å². The Morgan fingerprint density at radius 3 is 2.81 bits per heavy atom. The summed E-state index contributed by atoms with van der Waals surface area (Å²) in [6.45, 7) is 3.61. The number of oxime groups is 1. The Labute approximate surface area is 124 Å². The quantitative estimate of drug-likeness (QED) is 0.382. The Kier molecular flexibility index (Phi) is 4.90. The zero-order valence-corrected chi connectivity index (χ0v) is 12.3. The predicted octanol–water partition coefficient (Wildman–Crippen LogP) is 2.12. The van der Waals surface area contributed by atoms with Crippen LogP contribution in [0.3, 0.4) is 0 Å². The lowest BCUT2D eigenvalue weighted by Crippen LogP contribution is -2.19. The van der Waals surface area contributed by atoms with E-state index in [0.717, 1.165) is 29.9 Å². The smallest absolute Gasteiger partial charge is 0.170 e.